The van der Waals surface area contributed by atoms with Crippen molar-refractivity contribution in [3.63, 3.8) is 0 Å². The highest BCUT2D eigenvalue weighted by Crippen LogP contribution is 2.13. The van der Waals surface area contributed by atoms with Gasteiger partial charge in [-0.05, 0) is 47.5 Å². The van der Waals surface area contributed by atoms with Gasteiger partial charge in [0.1, 0.15) is 12.4 Å². The first-order chi connectivity index (χ1) is 14.7. The van der Waals surface area contributed by atoms with Gasteiger partial charge in [0.15, 0.2) is 0 Å². The Morgan fingerprint density at radius 1 is 0.800 bits per heavy atom. The molecule has 0 saturated carbocycles. The van der Waals surface area contributed by atoms with E-state index in [0.717, 1.165) is 16.9 Å². The summed E-state index contributed by atoms with van der Waals surface area (Å²) in [6, 6.07) is 26.4. The Morgan fingerprint density at radius 3 is 2.13 bits per heavy atom. The number of hydrazone groups is 1. The predicted octanol–water partition coefficient (Wildman–Crippen LogP) is 4.13. The largest absolute Gasteiger partial charge is 0.489 e. The molecule has 0 aromatic heterocycles. The zero-order chi connectivity index (χ0) is 21.0. The summed E-state index contributed by atoms with van der Waals surface area (Å²) in [5, 5.41) is 6.67. The molecule has 0 radical (unpaired) electrons. The van der Waals surface area contributed by atoms with Crippen molar-refractivity contribution < 1.29 is 14.3 Å². The number of benzene rings is 3. The number of nitrogens with one attached hydrogen (secondary N) is 2. The monoisotopic (exact) mass is 401 g/mol. The molecule has 0 unspecified atom stereocenters. The fourth-order valence-corrected chi connectivity index (χ4v) is 2.60. The van der Waals surface area contributed by atoms with E-state index in [-0.39, 0.29) is 24.7 Å². The Hall–Kier alpha value is -3.93. The lowest BCUT2D eigenvalue weighted by Gasteiger charge is -2.06. The van der Waals surface area contributed by atoms with Gasteiger partial charge in [0.2, 0.25) is 11.8 Å². The van der Waals surface area contributed by atoms with Gasteiger partial charge in [-0.25, -0.2) is 5.43 Å². The summed E-state index contributed by atoms with van der Waals surface area (Å²) >= 11 is 0. The molecule has 0 saturated heterocycles. The maximum Gasteiger partial charge on any atom is 0.240 e. The number of hydrogen-bond donors (Lipinski definition) is 2. The second kappa shape index (κ2) is 11.2. The summed E-state index contributed by atoms with van der Waals surface area (Å²) in [4.78, 5) is 23.7. The average Bonchev–Trinajstić information content (AvgIpc) is 2.78. The minimum atomic E-state index is -0.322. The molecule has 3 aromatic rings. The Balaban J connectivity index is 1.37. The average molecular weight is 401 g/mol. The first-order valence-electron chi connectivity index (χ1n) is 9.62. The van der Waals surface area contributed by atoms with E-state index < -0.39 is 0 Å². The molecule has 0 atom stereocenters. The fourth-order valence-electron chi connectivity index (χ4n) is 2.60. The highest BCUT2D eigenvalue weighted by atomic mass is 16.5. The lowest BCUT2D eigenvalue weighted by Crippen LogP contribution is -2.20. The topological polar surface area (TPSA) is 79.8 Å². The van der Waals surface area contributed by atoms with Crippen LogP contribution in [0, 0.1) is 0 Å². The van der Waals surface area contributed by atoms with Crippen molar-refractivity contribution in [3.05, 3.63) is 96.1 Å². The van der Waals surface area contributed by atoms with Crippen molar-refractivity contribution in [1.82, 2.24) is 5.43 Å². The number of para-hydroxylation sites is 1. The quantitative estimate of drug-likeness (QED) is 0.418. The molecule has 0 spiro atoms. The molecule has 6 heteroatoms. The number of amides is 2. The first-order valence-corrected chi connectivity index (χ1v) is 9.62. The molecule has 2 amide bonds. The van der Waals surface area contributed by atoms with Crippen LogP contribution in [0.4, 0.5) is 5.69 Å². The van der Waals surface area contributed by atoms with Crippen molar-refractivity contribution >= 4 is 23.7 Å². The fraction of sp³-hybridized carbons (Fsp3) is 0.125. The van der Waals surface area contributed by atoms with E-state index in [1.165, 1.54) is 0 Å². The third kappa shape index (κ3) is 7.24. The van der Waals surface area contributed by atoms with Gasteiger partial charge in [0.05, 0.1) is 6.21 Å². The van der Waals surface area contributed by atoms with E-state index in [1.54, 1.807) is 18.3 Å². The van der Waals surface area contributed by atoms with Crippen LogP contribution in [-0.4, -0.2) is 18.0 Å². The van der Waals surface area contributed by atoms with Crippen LogP contribution >= 0.6 is 0 Å². The van der Waals surface area contributed by atoms with Crippen molar-refractivity contribution in [2.75, 3.05) is 5.32 Å². The molecule has 0 aliphatic carbocycles. The highest BCUT2D eigenvalue weighted by molar-refractivity contribution is 5.93. The Labute approximate surface area is 175 Å². The lowest BCUT2D eigenvalue weighted by molar-refractivity contribution is -0.124. The highest BCUT2D eigenvalue weighted by Gasteiger charge is 2.06. The van der Waals surface area contributed by atoms with Gasteiger partial charge in [-0.1, -0.05) is 48.5 Å². The number of hydrogen-bond acceptors (Lipinski definition) is 4. The molecule has 2 N–H and O–H groups in total. The number of anilines is 1. The normalized spacial score (nSPS) is 10.5. The molecule has 0 fully saturated rings. The first kappa shape index (κ1) is 20.8. The van der Waals surface area contributed by atoms with Gasteiger partial charge in [-0.3, -0.25) is 9.59 Å². The summed E-state index contributed by atoms with van der Waals surface area (Å²) in [6.07, 6.45) is 1.69. The Bertz CT molecular complexity index is 972. The van der Waals surface area contributed by atoms with Gasteiger partial charge < -0.3 is 10.1 Å². The number of carbonyl (C=O) groups excluding carboxylic acids is 2. The third-order valence-corrected chi connectivity index (χ3v) is 4.17. The SMILES string of the molecule is O=C(CCC(=O)Nc1ccccc1)N/N=C/c1ccc(OCc2ccccc2)cc1. The summed E-state index contributed by atoms with van der Waals surface area (Å²) in [5.41, 5.74) is 5.06. The zero-order valence-electron chi connectivity index (χ0n) is 16.5. The molecule has 0 heterocycles. The lowest BCUT2D eigenvalue weighted by atomic mass is 10.2. The Kier molecular flexibility index (Phi) is 7.74. The number of rotatable bonds is 9. The molecular weight excluding hydrogens is 378 g/mol. The van der Waals surface area contributed by atoms with E-state index in [9.17, 15) is 9.59 Å². The molecular formula is C24H23N3O3. The van der Waals surface area contributed by atoms with Crippen molar-refractivity contribution in [2.45, 2.75) is 19.4 Å². The Morgan fingerprint density at radius 2 is 1.43 bits per heavy atom. The number of carbonyl (C=O) groups is 2. The van der Waals surface area contributed by atoms with E-state index in [2.05, 4.69) is 15.8 Å². The molecule has 30 heavy (non-hydrogen) atoms. The van der Waals surface area contributed by atoms with Gasteiger partial charge in [0, 0.05) is 18.5 Å². The predicted molar refractivity (Wildman–Crippen MR) is 117 cm³/mol. The molecule has 152 valence electrons. The van der Waals surface area contributed by atoms with Crippen LogP contribution in [0.2, 0.25) is 0 Å². The second-order valence-electron chi connectivity index (χ2n) is 6.55. The van der Waals surface area contributed by atoms with Crippen molar-refractivity contribution in [2.24, 2.45) is 5.10 Å². The van der Waals surface area contributed by atoms with Gasteiger partial charge in [-0.15, -0.1) is 0 Å². The molecule has 0 aliphatic heterocycles. The summed E-state index contributed by atoms with van der Waals surface area (Å²) in [6.45, 7) is 0.502. The van der Waals surface area contributed by atoms with E-state index >= 15 is 0 Å². The summed E-state index contributed by atoms with van der Waals surface area (Å²) in [7, 11) is 0. The van der Waals surface area contributed by atoms with E-state index in [1.807, 2.05) is 72.8 Å². The molecule has 3 rings (SSSR count). The minimum Gasteiger partial charge on any atom is -0.489 e. The third-order valence-electron chi connectivity index (χ3n) is 4.17. The van der Waals surface area contributed by atoms with Crippen molar-refractivity contribution in [3.8, 4) is 5.75 Å². The van der Waals surface area contributed by atoms with Crippen LogP contribution < -0.4 is 15.5 Å². The van der Waals surface area contributed by atoms with Crippen LogP contribution in [0.15, 0.2) is 90.0 Å². The molecule has 0 bridgehead atoms. The summed E-state index contributed by atoms with van der Waals surface area (Å²) in [5.74, 6) is 0.216. The number of nitrogens with zero attached hydrogens (tertiary/aromatic N) is 1. The van der Waals surface area contributed by atoms with Gasteiger partial charge in [0.25, 0.3) is 0 Å². The minimum absolute atomic E-state index is 0.0578. The van der Waals surface area contributed by atoms with E-state index in [0.29, 0.717) is 12.3 Å². The smallest absolute Gasteiger partial charge is 0.240 e. The standard InChI is InChI=1S/C24H23N3O3/c28-23(26-21-9-5-2-6-10-21)15-16-24(29)27-25-17-19-11-13-22(14-12-19)30-18-20-7-3-1-4-8-20/h1-14,17H,15-16,18H2,(H,26,28)(H,27,29)/b25-17+. The van der Waals surface area contributed by atoms with Gasteiger partial charge >= 0.3 is 0 Å². The molecule has 3 aromatic carbocycles. The van der Waals surface area contributed by atoms with Gasteiger partial charge in [-0.2, -0.15) is 5.10 Å². The zero-order valence-corrected chi connectivity index (χ0v) is 16.5. The maximum atomic E-state index is 11.8. The molecule has 0 aliphatic rings. The van der Waals surface area contributed by atoms with Crippen LogP contribution in [0.25, 0.3) is 0 Å². The molecule has 6 nitrogen and oxygen atoms in total. The van der Waals surface area contributed by atoms with E-state index in [4.69, 9.17) is 4.74 Å². The maximum absolute atomic E-state index is 11.8. The van der Waals surface area contributed by atoms with Crippen LogP contribution in [0.3, 0.4) is 0 Å². The van der Waals surface area contributed by atoms with Crippen LogP contribution in [-0.2, 0) is 16.2 Å². The van der Waals surface area contributed by atoms with Crippen LogP contribution in [0.5, 0.6) is 5.75 Å². The van der Waals surface area contributed by atoms with Crippen molar-refractivity contribution in [1.29, 1.82) is 0 Å². The summed E-state index contributed by atoms with van der Waals surface area (Å²) < 4.78 is 5.73. The number of ether oxygens (including phenoxy) is 1. The second-order valence-corrected chi connectivity index (χ2v) is 6.55. The van der Waals surface area contributed by atoms with Crippen LogP contribution in [0.1, 0.15) is 24.0 Å².